The van der Waals surface area contributed by atoms with E-state index in [4.69, 9.17) is 10.5 Å². The molecule has 4 nitrogen and oxygen atoms in total. The third-order valence-corrected chi connectivity index (χ3v) is 2.70. The highest BCUT2D eigenvalue weighted by atomic mass is 32.2. The molecule has 0 aromatic carbocycles. The van der Waals surface area contributed by atoms with Crippen LogP contribution in [0.4, 0.5) is 0 Å². The number of nitrogens with two attached hydrogens (primary N) is 1. The molecule has 0 saturated carbocycles. The maximum Gasteiger partial charge on any atom is 0.331 e. The van der Waals surface area contributed by atoms with E-state index in [1.807, 2.05) is 0 Å². The number of ether oxygens (including phenoxy) is 1. The van der Waals surface area contributed by atoms with Crippen LogP contribution in [0.25, 0.3) is 0 Å². The maximum absolute atomic E-state index is 11.3. The number of hydrogen-bond acceptors (Lipinski definition) is 5. The third-order valence-electron chi connectivity index (χ3n) is 1.66. The van der Waals surface area contributed by atoms with Gasteiger partial charge in [0.1, 0.15) is 0 Å². The van der Waals surface area contributed by atoms with Gasteiger partial charge in [0.15, 0.2) is 6.04 Å². The lowest BCUT2D eigenvalue weighted by Crippen LogP contribution is -2.26. The molecule has 1 heterocycles. The predicted octanol–water partition coefficient (Wildman–Crippen LogP) is 0.412. The van der Waals surface area contributed by atoms with Gasteiger partial charge in [-0.3, -0.25) is 4.99 Å². The summed E-state index contributed by atoms with van der Waals surface area (Å²) in [6, 6.07) is -0.396. The number of hydrogen-bond donors (Lipinski definition) is 1. The Bertz CT molecular complexity index is 218. The van der Waals surface area contributed by atoms with Crippen molar-refractivity contribution in [2.75, 3.05) is 18.1 Å². The van der Waals surface area contributed by atoms with Crippen LogP contribution < -0.4 is 5.73 Å². The third kappa shape index (κ3) is 3.26. The van der Waals surface area contributed by atoms with E-state index >= 15 is 0 Å². The SMILES string of the molecule is CCOC(=O)[C@H]1CSCCC(N)=N1. The highest BCUT2D eigenvalue weighted by Crippen LogP contribution is 2.13. The number of carbonyl (C=O) groups excluding carboxylic acids is 1. The minimum atomic E-state index is -0.396. The van der Waals surface area contributed by atoms with Crippen molar-refractivity contribution >= 4 is 23.6 Å². The molecule has 0 amide bonds. The van der Waals surface area contributed by atoms with Gasteiger partial charge < -0.3 is 10.5 Å². The first-order valence-corrected chi connectivity index (χ1v) is 5.46. The lowest BCUT2D eigenvalue weighted by molar-refractivity contribution is -0.143. The molecule has 0 saturated heterocycles. The normalized spacial score (nSPS) is 23.2. The average molecular weight is 202 g/mol. The average Bonchev–Trinajstić information content (AvgIpc) is 2.30. The van der Waals surface area contributed by atoms with Crippen LogP contribution in [0.5, 0.6) is 0 Å². The second-order valence-corrected chi connectivity index (χ2v) is 3.86. The summed E-state index contributed by atoms with van der Waals surface area (Å²) in [6.45, 7) is 2.18. The first-order chi connectivity index (χ1) is 6.24. The highest BCUT2D eigenvalue weighted by molar-refractivity contribution is 7.99. The molecule has 0 aromatic rings. The van der Waals surface area contributed by atoms with Gasteiger partial charge in [0, 0.05) is 17.9 Å². The van der Waals surface area contributed by atoms with E-state index in [2.05, 4.69) is 4.99 Å². The fourth-order valence-corrected chi connectivity index (χ4v) is 1.99. The van der Waals surface area contributed by atoms with Gasteiger partial charge in [-0.25, -0.2) is 4.79 Å². The molecule has 1 aliphatic heterocycles. The summed E-state index contributed by atoms with van der Waals surface area (Å²) in [5, 5.41) is 0. The van der Waals surface area contributed by atoms with Gasteiger partial charge in [-0.1, -0.05) is 0 Å². The number of nitrogens with zero attached hydrogens (tertiary/aromatic N) is 1. The van der Waals surface area contributed by atoms with Gasteiger partial charge in [0.05, 0.1) is 12.4 Å². The molecular weight excluding hydrogens is 188 g/mol. The Kier molecular flexibility index (Phi) is 4.08. The Labute approximate surface area is 81.9 Å². The lowest BCUT2D eigenvalue weighted by Gasteiger charge is -2.08. The zero-order valence-corrected chi connectivity index (χ0v) is 8.47. The zero-order chi connectivity index (χ0) is 9.68. The van der Waals surface area contributed by atoms with E-state index in [1.54, 1.807) is 18.7 Å². The summed E-state index contributed by atoms with van der Waals surface area (Å²) in [7, 11) is 0. The van der Waals surface area contributed by atoms with E-state index < -0.39 is 6.04 Å². The van der Waals surface area contributed by atoms with Gasteiger partial charge in [-0.05, 0) is 6.92 Å². The standard InChI is InChI=1S/C8H14N2O2S/c1-2-12-8(11)6-5-13-4-3-7(9)10-6/h6H,2-5H2,1H3,(H2,9,10)/t6-/m1/s1. The van der Waals surface area contributed by atoms with Gasteiger partial charge in [0.2, 0.25) is 0 Å². The summed E-state index contributed by atoms with van der Waals surface area (Å²) in [4.78, 5) is 15.4. The minimum absolute atomic E-state index is 0.264. The van der Waals surface area contributed by atoms with Crippen LogP contribution in [-0.4, -0.2) is 36.0 Å². The topological polar surface area (TPSA) is 64.7 Å². The van der Waals surface area contributed by atoms with Gasteiger partial charge in [-0.15, -0.1) is 0 Å². The van der Waals surface area contributed by atoms with Crippen molar-refractivity contribution in [3.63, 3.8) is 0 Å². The molecule has 0 radical (unpaired) electrons. The molecule has 5 heteroatoms. The maximum atomic E-state index is 11.3. The molecule has 13 heavy (non-hydrogen) atoms. The van der Waals surface area contributed by atoms with Crippen molar-refractivity contribution in [1.29, 1.82) is 0 Å². The molecular formula is C8H14N2O2S. The highest BCUT2D eigenvalue weighted by Gasteiger charge is 2.21. The monoisotopic (exact) mass is 202 g/mol. The first kappa shape index (κ1) is 10.4. The summed E-state index contributed by atoms with van der Waals surface area (Å²) in [6.07, 6.45) is 0.764. The first-order valence-electron chi connectivity index (χ1n) is 4.30. The van der Waals surface area contributed by atoms with Gasteiger partial charge in [0.25, 0.3) is 0 Å². The van der Waals surface area contributed by atoms with Crippen LogP contribution in [0.15, 0.2) is 4.99 Å². The minimum Gasteiger partial charge on any atom is -0.464 e. The Hall–Kier alpha value is -0.710. The fourth-order valence-electron chi connectivity index (χ4n) is 1.03. The Balaban J connectivity index is 2.56. The number of carbonyl (C=O) groups is 1. The zero-order valence-electron chi connectivity index (χ0n) is 7.66. The van der Waals surface area contributed by atoms with Crippen LogP contribution in [0.3, 0.4) is 0 Å². The van der Waals surface area contributed by atoms with Gasteiger partial charge >= 0.3 is 5.97 Å². The smallest absolute Gasteiger partial charge is 0.331 e. The van der Waals surface area contributed by atoms with Crippen molar-refractivity contribution in [3.05, 3.63) is 0 Å². The van der Waals surface area contributed by atoms with Crippen molar-refractivity contribution in [2.45, 2.75) is 19.4 Å². The van der Waals surface area contributed by atoms with E-state index in [-0.39, 0.29) is 5.97 Å². The molecule has 0 aromatic heterocycles. The number of aliphatic imine (C=N–C) groups is 1. The Morgan fingerprint density at radius 3 is 3.31 bits per heavy atom. The molecule has 0 spiro atoms. The van der Waals surface area contributed by atoms with Crippen LogP contribution in [0.1, 0.15) is 13.3 Å². The molecule has 1 aliphatic rings. The molecule has 1 atom stereocenters. The van der Waals surface area contributed by atoms with E-state index in [1.165, 1.54) is 0 Å². The van der Waals surface area contributed by atoms with E-state index in [0.717, 1.165) is 12.2 Å². The Morgan fingerprint density at radius 1 is 1.85 bits per heavy atom. The van der Waals surface area contributed by atoms with Crippen LogP contribution >= 0.6 is 11.8 Å². The molecule has 0 unspecified atom stereocenters. The molecule has 0 fully saturated rings. The van der Waals surface area contributed by atoms with E-state index in [0.29, 0.717) is 18.2 Å². The summed E-state index contributed by atoms with van der Waals surface area (Å²) in [5.74, 6) is 1.91. The molecule has 1 rings (SSSR count). The summed E-state index contributed by atoms with van der Waals surface area (Å²) < 4.78 is 4.87. The predicted molar refractivity (Wildman–Crippen MR) is 54.0 cm³/mol. The number of amidine groups is 1. The largest absolute Gasteiger partial charge is 0.464 e. The van der Waals surface area contributed by atoms with Crippen molar-refractivity contribution in [3.8, 4) is 0 Å². The molecule has 74 valence electrons. The van der Waals surface area contributed by atoms with Crippen molar-refractivity contribution < 1.29 is 9.53 Å². The number of thioether (sulfide) groups is 1. The van der Waals surface area contributed by atoms with Crippen molar-refractivity contribution in [1.82, 2.24) is 0 Å². The molecule has 2 N–H and O–H groups in total. The molecule has 0 bridgehead atoms. The summed E-state index contributed by atoms with van der Waals surface area (Å²) in [5.41, 5.74) is 5.59. The quantitative estimate of drug-likeness (QED) is 0.659. The molecule has 0 aliphatic carbocycles. The Morgan fingerprint density at radius 2 is 2.62 bits per heavy atom. The number of rotatable bonds is 2. The van der Waals surface area contributed by atoms with Crippen LogP contribution in [0.2, 0.25) is 0 Å². The van der Waals surface area contributed by atoms with Gasteiger partial charge in [-0.2, -0.15) is 11.8 Å². The lowest BCUT2D eigenvalue weighted by atomic mass is 10.3. The second-order valence-electron chi connectivity index (χ2n) is 2.71. The van der Waals surface area contributed by atoms with Crippen LogP contribution in [0, 0.1) is 0 Å². The summed E-state index contributed by atoms with van der Waals surface area (Å²) >= 11 is 1.69. The van der Waals surface area contributed by atoms with E-state index in [9.17, 15) is 4.79 Å². The van der Waals surface area contributed by atoms with Crippen molar-refractivity contribution in [2.24, 2.45) is 10.7 Å². The fraction of sp³-hybridized carbons (Fsp3) is 0.750. The number of esters is 1. The second kappa shape index (κ2) is 5.11. The van der Waals surface area contributed by atoms with Crippen LogP contribution in [-0.2, 0) is 9.53 Å².